The van der Waals surface area contributed by atoms with Crippen LogP contribution in [0.3, 0.4) is 0 Å². The van der Waals surface area contributed by atoms with Gasteiger partial charge in [-0.2, -0.15) is 0 Å². The molecule has 6 N–H and O–H groups in total. The van der Waals surface area contributed by atoms with E-state index in [9.17, 15) is 34.5 Å². The number of anilines is 1. The zero-order chi connectivity index (χ0) is 30.1. The van der Waals surface area contributed by atoms with E-state index in [1.165, 1.54) is 0 Å². The van der Waals surface area contributed by atoms with Gasteiger partial charge in [0.1, 0.15) is 11.7 Å². The number of ketones is 3. The average molecular weight is 559 g/mol. The standard InChI is InChI=1S/C29H42N4O7/c1-28(2,3)12-31-11-14-10-17(32(4)5)15-8-13-9-16-21(33(6)7)24(36)20(27(30)39)26(38)29(16,40)25(37)18(13)23(35)19(15)22(14)34/h10,13,16,18,20-21,24,31,34,36,40H,8-9,11-12H2,1-7H3,(H2,30,39)/t13-,16-,18?,20?,21?,24?,29-/m1/s1. The van der Waals surface area contributed by atoms with Gasteiger partial charge in [0.25, 0.3) is 0 Å². The quantitative estimate of drug-likeness (QED) is 0.296. The molecule has 0 bridgehead atoms. The van der Waals surface area contributed by atoms with Crippen molar-refractivity contribution in [2.24, 2.45) is 34.8 Å². The lowest BCUT2D eigenvalue weighted by atomic mass is 9.52. The number of amides is 1. The molecule has 0 aromatic heterocycles. The Morgan fingerprint density at radius 1 is 1.15 bits per heavy atom. The van der Waals surface area contributed by atoms with E-state index in [1.54, 1.807) is 19.0 Å². The van der Waals surface area contributed by atoms with Crippen molar-refractivity contribution in [3.63, 3.8) is 0 Å². The molecule has 220 valence electrons. The number of phenols is 1. The Morgan fingerprint density at radius 2 is 1.77 bits per heavy atom. The lowest BCUT2D eigenvalue weighted by Crippen LogP contribution is -2.75. The molecular formula is C29H42N4O7. The van der Waals surface area contributed by atoms with E-state index in [-0.39, 0.29) is 29.6 Å². The summed E-state index contributed by atoms with van der Waals surface area (Å²) in [4.78, 5) is 57.2. The SMILES string of the molecule is CN(C)c1cc(CNCC(C)(C)C)c(O)c2c1C[C@@H]1C[C@@H]3C(N(C)C)C(O)C(C(N)=O)C(=O)[C@]3(O)C(=O)C1C2=O. The van der Waals surface area contributed by atoms with E-state index >= 15 is 0 Å². The second kappa shape index (κ2) is 10.2. The number of nitrogens with zero attached hydrogens (tertiary/aromatic N) is 2. The minimum atomic E-state index is -2.67. The van der Waals surface area contributed by atoms with Gasteiger partial charge in [-0.1, -0.05) is 20.8 Å². The summed E-state index contributed by atoms with van der Waals surface area (Å²) in [6.45, 7) is 7.17. The van der Waals surface area contributed by atoms with Crippen LogP contribution < -0.4 is 16.0 Å². The maximum Gasteiger partial charge on any atom is 0.230 e. The van der Waals surface area contributed by atoms with Crippen LogP contribution in [-0.4, -0.2) is 96.0 Å². The number of benzene rings is 1. The summed E-state index contributed by atoms with van der Waals surface area (Å²) in [5.74, 6) is -9.01. The molecule has 1 aromatic rings. The second-order valence-corrected chi connectivity index (χ2v) is 13.3. The fraction of sp³-hybridized carbons (Fsp3) is 0.655. The van der Waals surface area contributed by atoms with E-state index < -0.39 is 64.7 Å². The molecule has 40 heavy (non-hydrogen) atoms. The first-order chi connectivity index (χ1) is 18.4. The van der Waals surface area contributed by atoms with E-state index in [1.807, 2.05) is 25.1 Å². The summed E-state index contributed by atoms with van der Waals surface area (Å²) in [6, 6.07) is 0.909. The highest BCUT2D eigenvalue weighted by molar-refractivity contribution is 6.25. The number of hydrogen-bond donors (Lipinski definition) is 5. The Morgan fingerprint density at radius 3 is 2.30 bits per heavy atom. The molecule has 1 amide bonds. The van der Waals surface area contributed by atoms with Gasteiger partial charge >= 0.3 is 0 Å². The topological polar surface area (TPSA) is 173 Å². The van der Waals surface area contributed by atoms with Crippen molar-refractivity contribution in [1.82, 2.24) is 10.2 Å². The zero-order valence-electron chi connectivity index (χ0n) is 24.3. The largest absolute Gasteiger partial charge is 0.507 e. The summed E-state index contributed by atoms with van der Waals surface area (Å²) in [5.41, 5.74) is 4.61. The number of fused-ring (bicyclic) bond motifs is 3. The Hall–Kier alpha value is -2.86. The smallest absolute Gasteiger partial charge is 0.230 e. The molecule has 0 spiro atoms. The molecule has 11 heteroatoms. The van der Waals surface area contributed by atoms with Gasteiger partial charge < -0.3 is 36.2 Å². The Balaban J connectivity index is 1.82. The molecule has 1 aromatic carbocycles. The summed E-state index contributed by atoms with van der Waals surface area (Å²) in [5, 5.41) is 37.4. The van der Waals surface area contributed by atoms with Crippen molar-refractivity contribution < 1.29 is 34.5 Å². The zero-order valence-corrected chi connectivity index (χ0v) is 24.3. The Labute approximate surface area is 234 Å². The number of hydrogen-bond acceptors (Lipinski definition) is 10. The van der Waals surface area contributed by atoms with E-state index in [4.69, 9.17) is 5.73 Å². The van der Waals surface area contributed by atoms with Crippen LogP contribution >= 0.6 is 0 Å². The Bertz CT molecular complexity index is 1250. The molecule has 3 aliphatic carbocycles. The van der Waals surface area contributed by atoms with Gasteiger partial charge in [-0.25, -0.2) is 0 Å². The summed E-state index contributed by atoms with van der Waals surface area (Å²) in [6.07, 6.45) is -1.19. The molecule has 0 aliphatic heterocycles. The van der Waals surface area contributed by atoms with Crippen LogP contribution in [0.4, 0.5) is 5.69 Å². The van der Waals surface area contributed by atoms with Gasteiger partial charge in [0, 0.05) is 50.4 Å². The monoisotopic (exact) mass is 558 g/mol. The number of phenolic OH excluding ortho intramolecular Hbond substituents is 1. The van der Waals surface area contributed by atoms with Crippen LogP contribution in [0, 0.1) is 29.1 Å². The van der Waals surface area contributed by atoms with Crippen molar-refractivity contribution in [3.05, 3.63) is 22.8 Å². The number of aromatic hydroxyl groups is 1. The number of Topliss-reactive ketones (excluding diaryl/α,β-unsaturated/α-hetero) is 3. The summed E-state index contributed by atoms with van der Waals surface area (Å²) in [7, 11) is 6.92. The highest BCUT2D eigenvalue weighted by Crippen LogP contribution is 2.52. The van der Waals surface area contributed by atoms with Crippen molar-refractivity contribution >= 4 is 28.9 Å². The van der Waals surface area contributed by atoms with Gasteiger partial charge in [-0.05, 0) is 49.9 Å². The number of nitrogens with two attached hydrogens (primary N) is 1. The molecule has 0 heterocycles. The Kier molecular flexibility index (Phi) is 7.68. The average Bonchev–Trinajstić information content (AvgIpc) is 2.81. The first kappa shape index (κ1) is 30.1. The van der Waals surface area contributed by atoms with Gasteiger partial charge in [-0.15, -0.1) is 0 Å². The fourth-order valence-electron chi connectivity index (χ4n) is 7.03. The molecule has 2 fully saturated rings. The number of carbonyl (C=O) groups excluding carboxylic acids is 4. The van der Waals surface area contributed by atoms with E-state index in [2.05, 4.69) is 26.1 Å². The summed E-state index contributed by atoms with van der Waals surface area (Å²) >= 11 is 0. The lowest BCUT2D eigenvalue weighted by molar-refractivity contribution is -0.190. The van der Waals surface area contributed by atoms with Crippen molar-refractivity contribution in [2.45, 2.75) is 57.9 Å². The number of aliphatic hydroxyl groups excluding tert-OH is 1. The van der Waals surface area contributed by atoms with Crippen LogP contribution in [0.25, 0.3) is 0 Å². The highest BCUT2D eigenvalue weighted by atomic mass is 16.3. The molecule has 3 aliphatic rings. The summed E-state index contributed by atoms with van der Waals surface area (Å²) < 4.78 is 0. The maximum absolute atomic E-state index is 14.1. The molecule has 0 saturated heterocycles. The van der Waals surface area contributed by atoms with Crippen molar-refractivity contribution in [3.8, 4) is 5.75 Å². The molecule has 11 nitrogen and oxygen atoms in total. The number of likely N-dealkylation sites (N-methyl/N-ethyl adjacent to an activating group) is 1. The van der Waals surface area contributed by atoms with Crippen molar-refractivity contribution in [2.75, 3.05) is 39.6 Å². The third-order valence-corrected chi connectivity index (χ3v) is 8.80. The predicted molar refractivity (Wildman–Crippen MR) is 148 cm³/mol. The van der Waals surface area contributed by atoms with Gasteiger partial charge in [-0.3, -0.25) is 19.2 Å². The van der Waals surface area contributed by atoms with Gasteiger partial charge in [0.2, 0.25) is 5.91 Å². The highest BCUT2D eigenvalue weighted by Gasteiger charge is 2.69. The van der Waals surface area contributed by atoms with Crippen LogP contribution in [0.5, 0.6) is 5.75 Å². The van der Waals surface area contributed by atoms with Crippen LogP contribution in [0.15, 0.2) is 6.07 Å². The van der Waals surface area contributed by atoms with Crippen molar-refractivity contribution in [1.29, 1.82) is 0 Å². The normalized spacial score (nSPS) is 32.0. The predicted octanol–water partition coefficient (Wildman–Crippen LogP) is -0.139. The fourth-order valence-corrected chi connectivity index (χ4v) is 7.03. The van der Waals surface area contributed by atoms with Crippen LogP contribution in [0.1, 0.15) is 48.7 Å². The van der Waals surface area contributed by atoms with Gasteiger partial charge in [0.15, 0.2) is 23.0 Å². The van der Waals surface area contributed by atoms with E-state index in [0.717, 1.165) is 5.69 Å². The number of primary amides is 1. The molecule has 7 atom stereocenters. The third-order valence-electron chi connectivity index (χ3n) is 8.80. The molecule has 4 rings (SSSR count). The molecule has 2 saturated carbocycles. The first-order valence-electron chi connectivity index (χ1n) is 13.7. The van der Waals surface area contributed by atoms with Crippen LogP contribution in [-0.2, 0) is 27.3 Å². The maximum atomic E-state index is 14.1. The first-order valence-corrected chi connectivity index (χ1v) is 13.7. The number of rotatable bonds is 6. The number of nitrogens with one attached hydrogen (secondary N) is 1. The van der Waals surface area contributed by atoms with Gasteiger partial charge in [0.05, 0.1) is 17.6 Å². The lowest BCUT2D eigenvalue weighted by Gasteiger charge is -2.55. The number of aliphatic hydroxyl groups is 2. The third kappa shape index (κ3) is 4.62. The van der Waals surface area contributed by atoms with Crippen LogP contribution in [0.2, 0.25) is 0 Å². The number of carbonyl (C=O) groups is 4. The second-order valence-electron chi connectivity index (χ2n) is 13.3. The molecule has 0 radical (unpaired) electrons. The minimum Gasteiger partial charge on any atom is -0.507 e. The van der Waals surface area contributed by atoms with E-state index in [0.29, 0.717) is 24.2 Å². The molecule has 4 unspecified atom stereocenters. The molecular weight excluding hydrogens is 516 g/mol. The minimum absolute atomic E-state index is 0.00888.